The number of likely N-dealkylation sites (N-methyl/N-ethyl adjacent to an activating group) is 1. The van der Waals surface area contributed by atoms with Gasteiger partial charge in [0.2, 0.25) is 0 Å². The number of nitrogens with zero attached hydrogens (tertiary/aromatic N) is 2. The van der Waals surface area contributed by atoms with Crippen molar-refractivity contribution in [1.29, 1.82) is 0 Å². The van der Waals surface area contributed by atoms with Crippen LogP contribution in [0.5, 0.6) is 0 Å². The number of halogens is 1. The lowest BCUT2D eigenvalue weighted by Gasteiger charge is -2.30. The number of carboxylic acids is 1. The number of likely N-dealkylation sites (tertiary alicyclic amines) is 1. The number of rotatable bonds is 3. The van der Waals surface area contributed by atoms with E-state index in [4.69, 9.17) is 16.7 Å². The van der Waals surface area contributed by atoms with Crippen molar-refractivity contribution in [1.82, 2.24) is 9.88 Å². The molecule has 1 unspecified atom stereocenters. The molecule has 1 aromatic heterocycles. The smallest absolute Gasteiger partial charge is 0.337 e. The number of aromatic carboxylic acids is 1. The summed E-state index contributed by atoms with van der Waals surface area (Å²) in [6.07, 6.45) is 3.62. The third kappa shape index (κ3) is 2.91. The average molecular weight is 270 g/mol. The first kappa shape index (κ1) is 13.1. The van der Waals surface area contributed by atoms with Crippen LogP contribution >= 0.6 is 11.6 Å². The van der Waals surface area contributed by atoms with Crippen molar-refractivity contribution in [2.75, 3.05) is 25.5 Å². The summed E-state index contributed by atoms with van der Waals surface area (Å²) in [6, 6.07) is 1.67. The van der Waals surface area contributed by atoms with E-state index < -0.39 is 5.97 Å². The summed E-state index contributed by atoms with van der Waals surface area (Å²) in [5.74, 6) is -0.580. The van der Waals surface area contributed by atoms with Crippen molar-refractivity contribution in [2.24, 2.45) is 0 Å². The number of nitrogens with one attached hydrogen (secondary N) is 1. The fraction of sp³-hybridized carbons (Fsp3) is 0.500. The Labute approximate surface area is 111 Å². The van der Waals surface area contributed by atoms with Crippen molar-refractivity contribution in [3.63, 3.8) is 0 Å². The van der Waals surface area contributed by atoms with Gasteiger partial charge in [-0.1, -0.05) is 11.6 Å². The molecule has 98 valence electrons. The van der Waals surface area contributed by atoms with Gasteiger partial charge in [0.1, 0.15) is 5.82 Å². The number of pyridine rings is 1. The molecule has 1 saturated heterocycles. The molecule has 6 heteroatoms. The zero-order valence-electron chi connectivity index (χ0n) is 10.2. The minimum absolute atomic E-state index is 0.0818. The first-order chi connectivity index (χ1) is 8.58. The molecule has 2 rings (SSSR count). The van der Waals surface area contributed by atoms with Crippen LogP contribution in [0.15, 0.2) is 12.3 Å². The normalized spacial score (nSPS) is 20.7. The Morgan fingerprint density at radius 2 is 2.44 bits per heavy atom. The first-order valence-corrected chi connectivity index (χ1v) is 6.28. The number of carboxylic acid groups (broad SMARTS) is 1. The largest absolute Gasteiger partial charge is 0.478 e. The van der Waals surface area contributed by atoms with Crippen molar-refractivity contribution < 1.29 is 9.90 Å². The second kappa shape index (κ2) is 5.54. The standard InChI is InChI=1S/C12H16ClN3O2/c1-16-6-2-3-8(7-16)15-11-10(13)9(12(17)18)4-5-14-11/h4-5,8H,2-3,6-7H2,1H3,(H,14,15)(H,17,18). The van der Waals surface area contributed by atoms with Crippen LogP contribution in [0.25, 0.3) is 0 Å². The summed E-state index contributed by atoms with van der Waals surface area (Å²) in [7, 11) is 2.07. The van der Waals surface area contributed by atoms with E-state index >= 15 is 0 Å². The maximum Gasteiger partial charge on any atom is 0.337 e. The molecule has 0 amide bonds. The molecule has 0 spiro atoms. The summed E-state index contributed by atoms with van der Waals surface area (Å²) in [4.78, 5) is 17.3. The molecular formula is C12H16ClN3O2. The maximum absolute atomic E-state index is 11.0. The van der Waals surface area contributed by atoms with Crippen LogP contribution in [0.4, 0.5) is 5.82 Å². The lowest BCUT2D eigenvalue weighted by Crippen LogP contribution is -2.40. The van der Waals surface area contributed by atoms with Crippen LogP contribution in [0.2, 0.25) is 5.02 Å². The fourth-order valence-electron chi connectivity index (χ4n) is 2.19. The molecule has 0 bridgehead atoms. The highest BCUT2D eigenvalue weighted by molar-refractivity contribution is 6.35. The summed E-state index contributed by atoms with van der Waals surface area (Å²) in [5, 5.41) is 12.4. The molecule has 18 heavy (non-hydrogen) atoms. The third-order valence-electron chi connectivity index (χ3n) is 3.08. The Balaban J connectivity index is 2.14. The molecule has 1 aromatic rings. The van der Waals surface area contributed by atoms with E-state index in [9.17, 15) is 4.79 Å². The highest BCUT2D eigenvalue weighted by atomic mass is 35.5. The van der Waals surface area contributed by atoms with Gasteiger partial charge >= 0.3 is 5.97 Å². The van der Waals surface area contributed by atoms with E-state index in [-0.39, 0.29) is 16.6 Å². The molecule has 1 aliphatic heterocycles. The van der Waals surface area contributed by atoms with E-state index in [0.717, 1.165) is 25.9 Å². The van der Waals surface area contributed by atoms with Gasteiger partial charge in [-0.05, 0) is 32.5 Å². The third-order valence-corrected chi connectivity index (χ3v) is 3.47. The van der Waals surface area contributed by atoms with Crippen LogP contribution in [0.3, 0.4) is 0 Å². The number of carbonyl (C=O) groups is 1. The van der Waals surface area contributed by atoms with Crippen molar-refractivity contribution in [3.05, 3.63) is 22.8 Å². The van der Waals surface area contributed by atoms with Crippen molar-refractivity contribution in [3.8, 4) is 0 Å². The van der Waals surface area contributed by atoms with Gasteiger partial charge in [-0.25, -0.2) is 9.78 Å². The number of anilines is 1. The molecule has 1 aliphatic rings. The van der Waals surface area contributed by atoms with Crippen LogP contribution < -0.4 is 5.32 Å². The van der Waals surface area contributed by atoms with E-state index in [0.29, 0.717) is 5.82 Å². The lowest BCUT2D eigenvalue weighted by atomic mass is 10.1. The summed E-state index contributed by atoms with van der Waals surface area (Å²) in [5.41, 5.74) is 0.0818. The molecule has 0 saturated carbocycles. The Hall–Kier alpha value is -1.33. The van der Waals surface area contributed by atoms with Gasteiger partial charge in [0.25, 0.3) is 0 Å². The van der Waals surface area contributed by atoms with E-state index in [1.807, 2.05) is 0 Å². The number of piperidine rings is 1. The van der Waals surface area contributed by atoms with E-state index in [1.54, 1.807) is 0 Å². The molecule has 0 aromatic carbocycles. The quantitative estimate of drug-likeness (QED) is 0.878. The van der Waals surface area contributed by atoms with E-state index in [1.165, 1.54) is 12.3 Å². The van der Waals surface area contributed by atoms with Gasteiger partial charge in [0.05, 0.1) is 10.6 Å². The van der Waals surface area contributed by atoms with Gasteiger partial charge in [-0.2, -0.15) is 0 Å². The Kier molecular flexibility index (Phi) is 4.04. The molecule has 0 aliphatic carbocycles. The monoisotopic (exact) mass is 269 g/mol. The predicted octanol–water partition coefficient (Wildman–Crippen LogP) is 1.94. The van der Waals surface area contributed by atoms with Crippen LogP contribution in [0.1, 0.15) is 23.2 Å². The van der Waals surface area contributed by atoms with Gasteiger partial charge in [0, 0.05) is 18.8 Å². The minimum Gasteiger partial charge on any atom is -0.478 e. The second-order valence-corrected chi connectivity index (χ2v) is 4.95. The van der Waals surface area contributed by atoms with Gasteiger partial charge < -0.3 is 15.3 Å². The second-order valence-electron chi connectivity index (χ2n) is 4.57. The molecule has 2 N–H and O–H groups in total. The topological polar surface area (TPSA) is 65.5 Å². The first-order valence-electron chi connectivity index (χ1n) is 5.91. The van der Waals surface area contributed by atoms with E-state index in [2.05, 4.69) is 22.2 Å². The summed E-state index contributed by atoms with van der Waals surface area (Å²) in [6.45, 7) is 2.00. The summed E-state index contributed by atoms with van der Waals surface area (Å²) >= 11 is 6.04. The maximum atomic E-state index is 11.0. The lowest BCUT2D eigenvalue weighted by molar-refractivity contribution is 0.0697. The summed E-state index contributed by atoms with van der Waals surface area (Å²) < 4.78 is 0. The minimum atomic E-state index is -1.04. The van der Waals surface area contributed by atoms with Crippen LogP contribution in [0, 0.1) is 0 Å². The fourth-order valence-corrected chi connectivity index (χ4v) is 2.43. The van der Waals surface area contributed by atoms with Crippen molar-refractivity contribution in [2.45, 2.75) is 18.9 Å². The zero-order chi connectivity index (χ0) is 13.1. The number of hydrogen-bond donors (Lipinski definition) is 2. The Bertz CT molecular complexity index is 453. The van der Waals surface area contributed by atoms with Gasteiger partial charge in [0.15, 0.2) is 0 Å². The molecule has 5 nitrogen and oxygen atoms in total. The van der Waals surface area contributed by atoms with Gasteiger partial charge in [-0.3, -0.25) is 0 Å². The average Bonchev–Trinajstić information content (AvgIpc) is 2.31. The van der Waals surface area contributed by atoms with Crippen LogP contribution in [-0.2, 0) is 0 Å². The predicted molar refractivity (Wildman–Crippen MR) is 70.3 cm³/mol. The molecular weight excluding hydrogens is 254 g/mol. The van der Waals surface area contributed by atoms with Crippen molar-refractivity contribution >= 4 is 23.4 Å². The van der Waals surface area contributed by atoms with Crippen LogP contribution in [-0.4, -0.2) is 47.1 Å². The number of aromatic nitrogens is 1. The SMILES string of the molecule is CN1CCCC(Nc2nccc(C(=O)O)c2Cl)C1. The Morgan fingerprint density at radius 1 is 1.67 bits per heavy atom. The highest BCUT2D eigenvalue weighted by Gasteiger charge is 2.20. The zero-order valence-corrected chi connectivity index (χ0v) is 10.9. The number of hydrogen-bond acceptors (Lipinski definition) is 4. The molecule has 0 radical (unpaired) electrons. The molecule has 1 fully saturated rings. The molecule has 2 heterocycles. The Morgan fingerprint density at radius 3 is 3.11 bits per heavy atom. The molecule has 1 atom stereocenters. The highest BCUT2D eigenvalue weighted by Crippen LogP contribution is 2.25. The van der Waals surface area contributed by atoms with Gasteiger partial charge in [-0.15, -0.1) is 0 Å².